The van der Waals surface area contributed by atoms with Gasteiger partial charge in [0.05, 0.1) is 29.8 Å². The number of carbonyl (C=O) groups excluding carboxylic acids is 2. The van der Waals surface area contributed by atoms with Gasteiger partial charge in [0.2, 0.25) is 0 Å². The van der Waals surface area contributed by atoms with Crippen molar-refractivity contribution in [3.63, 3.8) is 0 Å². The molecule has 1 aromatic carbocycles. The van der Waals surface area contributed by atoms with Crippen molar-refractivity contribution in [2.24, 2.45) is 17.3 Å². The maximum atomic E-state index is 13.1. The standard InChI is InChI=1S/C28H35BF3N3O5/c1-26(2)19-13-21(26)27(3)22(14-19)39-29(40-27)23(12-17-7-9-18(10-8-17)28(30,31)32)34-25(37)38-20-6-5-11-35(16-20)24(36)15-33-4/h7-10,19-23H,5-6,11-16H2,1-3H3,(H,34,37)/t19-,20-,21-,22+,23-,27-/m0/s1. The van der Waals surface area contributed by atoms with Crippen LogP contribution in [-0.4, -0.2) is 67.4 Å². The zero-order valence-electron chi connectivity index (χ0n) is 23.0. The number of ether oxygens (including phenoxy) is 1. The molecule has 2 heterocycles. The van der Waals surface area contributed by atoms with Gasteiger partial charge >= 0.3 is 25.3 Å². The number of hydrogen-bond donors (Lipinski definition) is 1. The summed E-state index contributed by atoms with van der Waals surface area (Å²) >= 11 is 0. The SMILES string of the molecule is [C-]#[N+]CC(=O)N1CCC[C@H](OC(=O)N[C@@H](Cc2ccc(C(F)(F)F)cc2)B2O[C@@H]3C[C@@H]4C[C@@H](C4(C)C)[C@]3(C)O2)C1. The van der Waals surface area contributed by atoms with Gasteiger partial charge in [-0.15, -0.1) is 0 Å². The molecule has 2 saturated heterocycles. The van der Waals surface area contributed by atoms with Gasteiger partial charge in [0.1, 0.15) is 6.10 Å². The van der Waals surface area contributed by atoms with E-state index in [1.54, 1.807) is 0 Å². The Morgan fingerprint density at radius 2 is 1.98 bits per heavy atom. The van der Waals surface area contributed by atoms with E-state index in [-0.39, 0.29) is 36.9 Å². The lowest BCUT2D eigenvalue weighted by Crippen LogP contribution is -2.65. The average molecular weight is 561 g/mol. The number of likely N-dealkylation sites (tertiary alicyclic amines) is 1. The predicted octanol–water partition coefficient (Wildman–Crippen LogP) is 4.52. The molecule has 2 aliphatic heterocycles. The van der Waals surface area contributed by atoms with Gasteiger partial charge in [-0.1, -0.05) is 26.0 Å². The fourth-order valence-electron chi connectivity index (χ4n) is 7.14. The van der Waals surface area contributed by atoms with E-state index in [0.29, 0.717) is 36.8 Å². The molecule has 5 aliphatic rings. The Balaban J connectivity index is 1.30. The summed E-state index contributed by atoms with van der Waals surface area (Å²) in [6.07, 6.45) is -2.52. The minimum atomic E-state index is -4.44. The summed E-state index contributed by atoms with van der Waals surface area (Å²) in [5, 5.41) is 2.86. The number of nitrogens with zero attached hydrogens (tertiary/aromatic N) is 2. The van der Waals surface area contributed by atoms with Crippen LogP contribution in [0, 0.1) is 23.8 Å². The van der Waals surface area contributed by atoms with Crippen LogP contribution in [0.1, 0.15) is 57.6 Å². The van der Waals surface area contributed by atoms with Crippen LogP contribution in [-0.2, 0) is 31.4 Å². The Kier molecular flexibility index (Phi) is 7.59. The van der Waals surface area contributed by atoms with Crippen molar-refractivity contribution in [1.82, 2.24) is 10.2 Å². The maximum Gasteiger partial charge on any atom is 0.482 e. The number of halogens is 3. The first kappa shape index (κ1) is 28.7. The van der Waals surface area contributed by atoms with E-state index in [1.807, 2.05) is 0 Å². The summed E-state index contributed by atoms with van der Waals surface area (Å²) in [6, 6.07) is 4.84. The summed E-state index contributed by atoms with van der Waals surface area (Å²) in [6.45, 7) is 13.9. The molecule has 40 heavy (non-hydrogen) atoms. The lowest BCUT2D eigenvalue weighted by Gasteiger charge is -2.64. The second-order valence-electron chi connectivity index (χ2n) is 12.3. The average Bonchev–Trinajstić information content (AvgIpc) is 3.25. The fraction of sp³-hybridized carbons (Fsp3) is 0.679. The van der Waals surface area contributed by atoms with Gasteiger partial charge < -0.3 is 29.1 Å². The molecule has 216 valence electrons. The Hall–Kier alpha value is -2.78. The number of amides is 2. The van der Waals surface area contributed by atoms with E-state index in [9.17, 15) is 22.8 Å². The maximum absolute atomic E-state index is 13.1. The molecule has 3 saturated carbocycles. The molecule has 3 aliphatic carbocycles. The third-order valence-corrected chi connectivity index (χ3v) is 9.56. The molecular formula is C28H35BF3N3O5. The number of nitrogens with one attached hydrogen (secondary N) is 1. The number of benzene rings is 1. The van der Waals surface area contributed by atoms with Gasteiger partial charge in [0, 0.05) is 6.54 Å². The summed E-state index contributed by atoms with van der Waals surface area (Å²) in [4.78, 5) is 29.9. The summed E-state index contributed by atoms with van der Waals surface area (Å²) in [7, 11) is -0.803. The smallest absolute Gasteiger partial charge is 0.444 e. The van der Waals surface area contributed by atoms with Crippen LogP contribution in [0.5, 0.6) is 0 Å². The molecule has 1 N–H and O–H groups in total. The summed E-state index contributed by atoms with van der Waals surface area (Å²) in [5.41, 5.74) is -0.566. The summed E-state index contributed by atoms with van der Waals surface area (Å²) < 4.78 is 57.9. The number of rotatable bonds is 6. The van der Waals surface area contributed by atoms with Crippen LogP contribution in [0.4, 0.5) is 18.0 Å². The molecule has 1 aromatic rings. The van der Waals surface area contributed by atoms with Crippen molar-refractivity contribution in [3.8, 4) is 0 Å². The Labute approximate surface area is 232 Å². The third-order valence-electron chi connectivity index (χ3n) is 9.56. The Bertz CT molecular complexity index is 1170. The molecule has 2 amide bonds. The first-order chi connectivity index (χ1) is 18.8. The number of piperidine rings is 1. The monoisotopic (exact) mass is 561 g/mol. The van der Waals surface area contributed by atoms with E-state index < -0.39 is 42.6 Å². The second kappa shape index (κ2) is 10.6. The number of carbonyl (C=O) groups is 2. The highest BCUT2D eigenvalue weighted by Gasteiger charge is 2.68. The minimum Gasteiger partial charge on any atom is -0.444 e. The lowest BCUT2D eigenvalue weighted by atomic mass is 9.43. The summed E-state index contributed by atoms with van der Waals surface area (Å²) in [5.74, 6) is -0.179. The Morgan fingerprint density at radius 3 is 2.62 bits per heavy atom. The molecule has 0 aromatic heterocycles. The van der Waals surface area contributed by atoms with Gasteiger partial charge in [0.15, 0.2) is 0 Å². The zero-order chi connectivity index (χ0) is 28.9. The first-order valence-electron chi connectivity index (χ1n) is 13.9. The van der Waals surface area contributed by atoms with Gasteiger partial charge in [-0.25, -0.2) is 11.4 Å². The lowest BCUT2D eigenvalue weighted by molar-refractivity contribution is -0.199. The van der Waals surface area contributed by atoms with Crippen molar-refractivity contribution < 1.29 is 36.8 Å². The van der Waals surface area contributed by atoms with E-state index in [2.05, 4.69) is 30.9 Å². The van der Waals surface area contributed by atoms with Crippen LogP contribution >= 0.6 is 0 Å². The topological polar surface area (TPSA) is 81.5 Å². The minimum absolute atomic E-state index is 0.121. The largest absolute Gasteiger partial charge is 0.482 e. The molecule has 0 spiro atoms. The molecule has 5 fully saturated rings. The molecular weight excluding hydrogens is 526 g/mol. The van der Waals surface area contributed by atoms with Crippen molar-refractivity contribution in [2.75, 3.05) is 19.6 Å². The number of hydrogen-bond acceptors (Lipinski definition) is 5. The molecule has 2 bridgehead atoms. The van der Waals surface area contributed by atoms with E-state index in [4.69, 9.17) is 20.6 Å². The highest BCUT2D eigenvalue weighted by Crippen LogP contribution is 2.65. The van der Waals surface area contributed by atoms with Gasteiger partial charge in [-0.05, 0) is 74.0 Å². The van der Waals surface area contributed by atoms with Crippen LogP contribution in [0.25, 0.3) is 4.85 Å². The zero-order valence-corrected chi connectivity index (χ0v) is 23.0. The second-order valence-corrected chi connectivity index (χ2v) is 12.3. The van der Waals surface area contributed by atoms with E-state index >= 15 is 0 Å². The van der Waals surface area contributed by atoms with Crippen molar-refractivity contribution >= 4 is 19.1 Å². The third kappa shape index (κ3) is 5.42. The quantitative estimate of drug-likeness (QED) is 0.408. The first-order valence-corrected chi connectivity index (χ1v) is 13.9. The molecule has 0 radical (unpaired) electrons. The molecule has 8 nitrogen and oxygen atoms in total. The molecule has 6 atom stereocenters. The van der Waals surface area contributed by atoms with Crippen molar-refractivity contribution in [1.29, 1.82) is 0 Å². The highest BCUT2D eigenvalue weighted by atomic mass is 19.4. The number of alkyl carbamates (subject to hydrolysis) is 1. The Morgan fingerprint density at radius 1 is 1.25 bits per heavy atom. The fourth-order valence-corrected chi connectivity index (χ4v) is 7.14. The van der Waals surface area contributed by atoms with Gasteiger partial charge in [-0.2, -0.15) is 13.2 Å². The van der Waals surface area contributed by atoms with Gasteiger partial charge in [0.25, 0.3) is 6.54 Å². The van der Waals surface area contributed by atoms with Gasteiger partial charge in [-0.3, -0.25) is 4.79 Å². The van der Waals surface area contributed by atoms with Crippen LogP contribution in [0.3, 0.4) is 0 Å². The number of alkyl halides is 3. The van der Waals surface area contributed by atoms with E-state index in [0.717, 1.165) is 25.0 Å². The normalized spacial score (nSPS) is 31.4. The molecule has 12 heteroatoms. The van der Waals surface area contributed by atoms with Crippen LogP contribution < -0.4 is 5.32 Å². The van der Waals surface area contributed by atoms with Crippen LogP contribution in [0.2, 0.25) is 0 Å². The molecule has 0 unspecified atom stereocenters. The predicted molar refractivity (Wildman–Crippen MR) is 140 cm³/mol. The van der Waals surface area contributed by atoms with Crippen molar-refractivity contribution in [3.05, 3.63) is 46.8 Å². The van der Waals surface area contributed by atoms with Crippen molar-refractivity contribution in [2.45, 2.75) is 82.8 Å². The van der Waals surface area contributed by atoms with Crippen LogP contribution in [0.15, 0.2) is 24.3 Å². The molecule has 6 rings (SSSR count). The highest BCUT2D eigenvalue weighted by molar-refractivity contribution is 6.47. The van der Waals surface area contributed by atoms with E-state index in [1.165, 1.54) is 17.0 Å².